The number of amides is 2. The maximum absolute atomic E-state index is 12.3. The number of hydrogen-bond donors (Lipinski definition) is 3. The van der Waals surface area contributed by atoms with Crippen molar-refractivity contribution in [3.05, 3.63) is 25.1 Å². The predicted molar refractivity (Wildman–Crippen MR) is 132 cm³/mol. The Kier molecular flexibility index (Phi) is 14.4. The Bertz CT molecular complexity index is 845. The number of hydrogen-bond acceptors (Lipinski definition) is 7. The summed E-state index contributed by atoms with van der Waals surface area (Å²) >= 11 is 30.0. The summed E-state index contributed by atoms with van der Waals surface area (Å²) < 4.78 is 15.8. The summed E-state index contributed by atoms with van der Waals surface area (Å²) in [6.07, 6.45) is -0.0446. The van der Waals surface area contributed by atoms with E-state index in [-0.39, 0.29) is 87.7 Å². The molecule has 0 aromatic heterocycles. The van der Waals surface area contributed by atoms with Gasteiger partial charge in [0.2, 0.25) is 11.8 Å². The van der Waals surface area contributed by atoms with Gasteiger partial charge in [0.15, 0.2) is 5.75 Å². The van der Waals surface area contributed by atoms with Gasteiger partial charge in [-0.25, -0.2) is 0 Å². The molecule has 1 aromatic rings. The first-order valence-electron chi connectivity index (χ1n) is 10.1. The van der Waals surface area contributed by atoms with Crippen LogP contribution in [-0.4, -0.2) is 63.8 Å². The van der Waals surface area contributed by atoms with E-state index < -0.39 is 12.1 Å². The highest BCUT2D eigenvalue weighted by Crippen LogP contribution is 2.48. The molecule has 192 valence electrons. The summed E-state index contributed by atoms with van der Waals surface area (Å²) in [5.41, 5.74) is 5.23. The zero-order valence-corrected chi connectivity index (χ0v) is 22.3. The van der Waals surface area contributed by atoms with E-state index in [0.29, 0.717) is 6.42 Å². The number of rotatable bonds is 14. The van der Waals surface area contributed by atoms with Crippen LogP contribution in [0.25, 0.3) is 0 Å². The maximum atomic E-state index is 12.3. The third-order valence-corrected chi connectivity index (χ3v) is 6.90. The van der Waals surface area contributed by atoms with E-state index in [4.69, 9.17) is 77.9 Å². The Morgan fingerprint density at radius 3 is 1.68 bits per heavy atom. The van der Waals surface area contributed by atoms with Crippen molar-refractivity contribution in [1.82, 2.24) is 10.6 Å². The number of ether oxygens (including phenoxy) is 3. The fourth-order valence-corrected chi connectivity index (χ4v) is 3.83. The molecule has 1 aromatic carbocycles. The van der Waals surface area contributed by atoms with Gasteiger partial charge in [-0.05, 0) is 12.8 Å². The van der Waals surface area contributed by atoms with Crippen molar-refractivity contribution >= 4 is 75.8 Å². The number of carbonyl (C=O) groups excluding carboxylic acids is 3. The van der Waals surface area contributed by atoms with E-state index in [1.165, 1.54) is 14.2 Å². The smallest absolute Gasteiger partial charge is 0.311 e. The van der Waals surface area contributed by atoms with Crippen LogP contribution in [-0.2, 0) is 23.9 Å². The van der Waals surface area contributed by atoms with E-state index in [2.05, 4.69) is 10.6 Å². The van der Waals surface area contributed by atoms with Gasteiger partial charge in [-0.2, -0.15) is 0 Å². The van der Waals surface area contributed by atoms with Gasteiger partial charge in [0.25, 0.3) is 0 Å². The lowest BCUT2D eigenvalue weighted by Gasteiger charge is -2.18. The summed E-state index contributed by atoms with van der Waals surface area (Å²) in [6, 6.07) is 0. The topological polar surface area (TPSA) is 129 Å². The molecule has 4 N–H and O–H groups in total. The van der Waals surface area contributed by atoms with Crippen molar-refractivity contribution < 1.29 is 28.6 Å². The lowest BCUT2D eigenvalue weighted by molar-refractivity contribution is -0.135. The fraction of sp³-hybridized carbons (Fsp3) is 0.550. The molecule has 0 fully saturated rings. The van der Waals surface area contributed by atoms with E-state index in [9.17, 15) is 14.4 Å². The first kappa shape index (κ1) is 31.0. The molecular weight excluding hydrogens is 556 g/mol. The largest absolute Gasteiger partial charge is 0.423 e. The zero-order chi connectivity index (χ0) is 25.8. The first-order valence-corrected chi connectivity index (χ1v) is 12.0. The monoisotopic (exact) mass is 579 g/mol. The van der Waals surface area contributed by atoms with Crippen molar-refractivity contribution in [3.63, 3.8) is 0 Å². The van der Waals surface area contributed by atoms with Crippen molar-refractivity contribution in [2.75, 3.05) is 33.9 Å². The highest BCUT2D eigenvalue weighted by molar-refractivity contribution is 6.55. The Morgan fingerprint density at radius 1 is 0.765 bits per heavy atom. The molecule has 1 rings (SSSR count). The van der Waals surface area contributed by atoms with Crippen LogP contribution in [0.4, 0.5) is 0 Å². The van der Waals surface area contributed by atoms with Gasteiger partial charge >= 0.3 is 5.97 Å². The molecule has 14 heteroatoms. The van der Waals surface area contributed by atoms with Crippen LogP contribution < -0.4 is 21.1 Å². The van der Waals surface area contributed by atoms with Crippen LogP contribution in [0.2, 0.25) is 25.1 Å². The Hall–Kier alpha value is -1.04. The minimum absolute atomic E-state index is 0.0505. The average molecular weight is 582 g/mol. The Morgan fingerprint density at radius 2 is 1.21 bits per heavy atom. The third-order valence-electron chi connectivity index (χ3n) is 4.66. The quantitative estimate of drug-likeness (QED) is 0.132. The lowest BCUT2D eigenvalue weighted by atomic mass is 10.1. The molecule has 0 unspecified atom stereocenters. The maximum Gasteiger partial charge on any atom is 0.311 e. The number of nitrogens with one attached hydrogen (secondary N) is 2. The summed E-state index contributed by atoms with van der Waals surface area (Å²) in [7, 11) is 2.94. The SMILES string of the molecule is CO[C@@H](CCC(=O)NC[C@H](CCC(=O)Oc1c(Cl)c(Cl)c(Cl)c(Cl)c1Cl)OC)CNC(=O)CN. The molecular formula is C20H26Cl5N3O6. The third kappa shape index (κ3) is 9.91. The molecule has 0 bridgehead atoms. The van der Waals surface area contributed by atoms with E-state index in [1.807, 2.05) is 0 Å². The average Bonchev–Trinajstić information content (AvgIpc) is 2.83. The second-order valence-corrected chi connectivity index (χ2v) is 8.87. The molecule has 0 aliphatic carbocycles. The van der Waals surface area contributed by atoms with Crippen LogP contribution in [0.15, 0.2) is 0 Å². The van der Waals surface area contributed by atoms with Crippen LogP contribution in [0.3, 0.4) is 0 Å². The summed E-state index contributed by atoms with van der Waals surface area (Å²) in [6.45, 7) is 0.301. The van der Waals surface area contributed by atoms with Crippen molar-refractivity contribution in [2.45, 2.75) is 37.9 Å². The highest BCUT2D eigenvalue weighted by atomic mass is 35.5. The van der Waals surface area contributed by atoms with E-state index >= 15 is 0 Å². The van der Waals surface area contributed by atoms with Gasteiger partial charge in [0.05, 0.1) is 33.8 Å². The molecule has 0 heterocycles. The summed E-state index contributed by atoms with van der Waals surface area (Å²) in [4.78, 5) is 35.6. The number of methoxy groups -OCH3 is 2. The molecule has 0 aliphatic heterocycles. The molecule has 9 nitrogen and oxygen atoms in total. The molecule has 34 heavy (non-hydrogen) atoms. The highest BCUT2D eigenvalue weighted by Gasteiger charge is 2.23. The molecule has 2 amide bonds. The van der Waals surface area contributed by atoms with Crippen LogP contribution >= 0.6 is 58.0 Å². The molecule has 0 aliphatic rings. The van der Waals surface area contributed by atoms with Gasteiger partial charge in [-0.3, -0.25) is 14.4 Å². The number of benzene rings is 1. The molecule has 2 atom stereocenters. The summed E-state index contributed by atoms with van der Waals surface area (Å²) in [5, 5.41) is 4.84. The van der Waals surface area contributed by atoms with Gasteiger partial charge in [-0.1, -0.05) is 58.0 Å². The second-order valence-electron chi connectivity index (χ2n) is 6.98. The minimum Gasteiger partial charge on any atom is -0.423 e. The van der Waals surface area contributed by atoms with Gasteiger partial charge in [0, 0.05) is 40.2 Å². The Balaban J connectivity index is 2.49. The summed E-state index contributed by atoms with van der Waals surface area (Å²) in [5.74, 6) is -1.39. The van der Waals surface area contributed by atoms with E-state index in [0.717, 1.165) is 0 Å². The second kappa shape index (κ2) is 15.9. The number of halogens is 5. The Labute approximate surface area is 222 Å². The van der Waals surface area contributed by atoms with Gasteiger partial charge in [-0.15, -0.1) is 0 Å². The molecule has 0 saturated heterocycles. The minimum atomic E-state index is -0.658. The lowest BCUT2D eigenvalue weighted by Crippen LogP contribution is -2.38. The van der Waals surface area contributed by atoms with Crippen molar-refractivity contribution in [2.24, 2.45) is 5.73 Å². The first-order chi connectivity index (χ1) is 16.0. The number of nitrogens with two attached hydrogens (primary N) is 1. The van der Waals surface area contributed by atoms with Gasteiger partial charge < -0.3 is 30.6 Å². The molecule has 0 spiro atoms. The fourth-order valence-electron chi connectivity index (χ4n) is 2.63. The number of carbonyl (C=O) groups is 3. The van der Waals surface area contributed by atoms with Crippen molar-refractivity contribution in [3.8, 4) is 5.75 Å². The number of esters is 1. The normalized spacial score (nSPS) is 12.7. The van der Waals surface area contributed by atoms with Gasteiger partial charge in [0.1, 0.15) is 10.0 Å². The predicted octanol–water partition coefficient (Wildman–Crippen LogP) is 3.64. The molecule has 0 radical (unpaired) electrons. The van der Waals surface area contributed by atoms with Crippen LogP contribution in [0.5, 0.6) is 5.75 Å². The standard InChI is InChI=1S/C20H26Cl5N3O6/c1-32-10(9-28-13(30)7-26)3-5-12(29)27-8-11(33-2)4-6-14(31)34-20-18(24)16(22)15(21)17(23)19(20)25/h10-11H,3-9,26H2,1-2H3,(H,27,29)(H,28,30)/t10-,11-/m0/s1. The molecule has 0 saturated carbocycles. The van der Waals surface area contributed by atoms with Crippen LogP contribution in [0, 0.1) is 0 Å². The van der Waals surface area contributed by atoms with Crippen molar-refractivity contribution in [1.29, 1.82) is 0 Å². The zero-order valence-electron chi connectivity index (χ0n) is 18.5. The van der Waals surface area contributed by atoms with Crippen LogP contribution in [0.1, 0.15) is 25.7 Å². The van der Waals surface area contributed by atoms with E-state index in [1.54, 1.807) is 0 Å².